The van der Waals surface area contributed by atoms with Crippen molar-refractivity contribution >= 4 is 0 Å². The summed E-state index contributed by atoms with van der Waals surface area (Å²) in [6.45, 7) is 0. The molecule has 4 heteroatoms. The van der Waals surface area contributed by atoms with E-state index in [1.54, 1.807) is 0 Å². The highest BCUT2D eigenvalue weighted by Gasteiger charge is 2.46. The van der Waals surface area contributed by atoms with E-state index in [9.17, 15) is 5.26 Å². The van der Waals surface area contributed by atoms with Gasteiger partial charge in [0, 0.05) is 16.7 Å². The van der Waals surface area contributed by atoms with Crippen LogP contribution in [0.25, 0.3) is 67.5 Å². The Labute approximate surface area is 332 Å². The average Bonchev–Trinajstić information content (AvgIpc) is 3.60. The predicted molar refractivity (Wildman–Crippen MR) is 229 cm³/mol. The van der Waals surface area contributed by atoms with Crippen LogP contribution in [0.15, 0.2) is 206 Å². The highest BCUT2D eigenvalue weighted by Crippen LogP contribution is 2.57. The number of hydrogen-bond donors (Lipinski definition) is 0. The van der Waals surface area contributed by atoms with E-state index >= 15 is 0 Å². The van der Waals surface area contributed by atoms with Gasteiger partial charge in [-0.05, 0) is 79.9 Å². The van der Waals surface area contributed by atoms with E-state index in [4.69, 9.17) is 15.0 Å². The van der Waals surface area contributed by atoms with Crippen LogP contribution in [0, 0.1) is 11.3 Å². The maximum atomic E-state index is 9.92. The fourth-order valence-corrected chi connectivity index (χ4v) is 8.37. The second kappa shape index (κ2) is 14.2. The SMILES string of the molecule is N#Cc1ccc2c(c1)-c1ccc(-c3cccc(-c4ccc(-c5nc(-c6ccccc6)nc(-c6ccccc6)n5)cc4)c3)cc1C2(c1ccccc1)c1ccccc1. The van der Waals surface area contributed by atoms with Crippen LogP contribution in [-0.2, 0) is 5.41 Å². The Balaban J connectivity index is 1.05. The Hall–Kier alpha value is -7.74. The van der Waals surface area contributed by atoms with E-state index in [-0.39, 0.29) is 0 Å². The third kappa shape index (κ3) is 5.90. The quantitative estimate of drug-likeness (QED) is 0.164. The third-order valence-corrected chi connectivity index (χ3v) is 11.1. The van der Waals surface area contributed by atoms with E-state index in [1.807, 2.05) is 72.8 Å². The van der Waals surface area contributed by atoms with Gasteiger partial charge in [-0.2, -0.15) is 5.26 Å². The van der Waals surface area contributed by atoms with Crippen molar-refractivity contribution in [1.82, 2.24) is 15.0 Å². The van der Waals surface area contributed by atoms with E-state index in [0.717, 1.165) is 50.1 Å². The molecule has 0 spiro atoms. The molecule has 0 amide bonds. The van der Waals surface area contributed by atoms with Gasteiger partial charge in [-0.3, -0.25) is 0 Å². The molecule has 266 valence electrons. The molecule has 0 atom stereocenters. The first kappa shape index (κ1) is 33.8. The van der Waals surface area contributed by atoms with E-state index in [2.05, 4.69) is 140 Å². The summed E-state index contributed by atoms with van der Waals surface area (Å²) in [5.74, 6) is 1.91. The lowest BCUT2D eigenvalue weighted by atomic mass is 9.67. The number of rotatable bonds is 7. The topological polar surface area (TPSA) is 62.5 Å². The zero-order valence-electron chi connectivity index (χ0n) is 30.9. The van der Waals surface area contributed by atoms with Crippen molar-refractivity contribution in [2.45, 2.75) is 5.41 Å². The van der Waals surface area contributed by atoms with E-state index in [1.165, 1.54) is 22.3 Å². The van der Waals surface area contributed by atoms with Gasteiger partial charge in [-0.1, -0.05) is 182 Å². The summed E-state index contributed by atoms with van der Waals surface area (Å²) in [5, 5.41) is 9.92. The van der Waals surface area contributed by atoms with Gasteiger partial charge in [0.25, 0.3) is 0 Å². The van der Waals surface area contributed by atoms with Crippen molar-refractivity contribution in [3.8, 4) is 73.6 Å². The summed E-state index contributed by atoms with van der Waals surface area (Å²) in [5.41, 5.74) is 14.4. The Bertz CT molecular complexity index is 2840. The Morgan fingerprint density at radius 1 is 0.333 bits per heavy atom. The molecule has 8 aromatic carbocycles. The molecule has 10 rings (SSSR count). The van der Waals surface area contributed by atoms with Crippen LogP contribution in [-0.4, -0.2) is 15.0 Å². The summed E-state index contributed by atoms with van der Waals surface area (Å²) >= 11 is 0. The van der Waals surface area contributed by atoms with Crippen LogP contribution in [0.3, 0.4) is 0 Å². The minimum absolute atomic E-state index is 0.555. The fourth-order valence-electron chi connectivity index (χ4n) is 8.37. The molecular formula is C53H34N4. The molecule has 57 heavy (non-hydrogen) atoms. The standard InChI is InChI=1S/C53H34N4/c54-35-36-24-31-48-47(32-36)46-30-29-43(34-49(46)53(48,44-20-9-3-10-21-44)45-22-11-4-12-23-45)42-19-13-18-41(33-42)37-25-27-40(28-26-37)52-56-50(38-14-5-1-6-15-38)55-51(57-52)39-16-7-2-8-17-39/h1-34H. The molecule has 1 aromatic heterocycles. The average molecular weight is 727 g/mol. The maximum absolute atomic E-state index is 9.92. The molecule has 1 aliphatic rings. The van der Waals surface area contributed by atoms with Crippen LogP contribution in [0.1, 0.15) is 27.8 Å². The molecule has 0 saturated heterocycles. The molecule has 0 fully saturated rings. The number of nitriles is 1. The summed E-state index contributed by atoms with van der Waals surface area (Å²) in [7, 11) is 0. The van der Waals surface area contributed by atoms with Crippen LogP contribution in [0.5, 0.6) is 0 Å². The van der Waals surface area contributed by atoms with Crippen molar-refractivity contribution in [2.24, 2.45) is 0 Å². The second-order valence-electron chi connectivity index (χ2n) is 14.3. The number of aromatic nitrogens is 3. The van der Waals surface area contributed by atoms with Crippen LogP contribution in [0.2, 0.25) is 0 Å². The molecule has 1 heterocycles. The lowest BCUT2D eigenvalue weighted by molar-refractivity contribution is 0.768. The smallest absolute Gasteiger partial charge is 0.164 e. The molecule has 0 aliphatic heterocycles. The van der Waals surface area contributed by atoms with Crippen molar-refractivity contribution < 1.29 is 0 Å². The molecule has 4 nitrogen and oxygen atoms in total. The van der Waals surface area contributed by atoms with Crippen LogP contribution in [0.4, 0.5) is 0 Å². The zero-order chi connectivity index (χ0) is 38.2. The zero-order valence-corrected chi connectivity index (χ0v) is 30.9. The van der Waals surface area contributed by atoms with Gasteiger partial charge in [0.05, 0.1) is 17.0 Å². The minimum atomic E-state index is -0.555. The molecule has 0 N–H and O–H groups in total. The van der Waals surface area contributed by atoms with Crippen molar-refractivity contribution in [2.75, 3.05) is 0 Å². The Morgan fingerprint density at radius 3 is 1.32 bits per heavy atom. The van der Waals surface area contributed by atoms with Crippen molar-refractivity contribution in [1.29, 1.82) is 5.26 Å². The van der Waals surface area contributed by atoms with Crippen molar-refractivity contribution in [3.05, 3.63) is 234 Å². The minimum Gasteiger partial charge on any atom is -0.208 e. The largest absolute Gasteiger partial charge is 0.208 e. The number of fused-ring (bicyclic) bond motifs is 3. The van der Waals surface area contributed by atoms with Crippen molar-refractivity contribution in [3.63, 3.8) is 0 Å². The van der Waals surface area contributed by atoms with Crippen LogP contribution < -0.4 is 0 Å². The lowest BCUT2D eigenvalue weighted by Gasteiger charge is -2.34. The molecule has 1 aliphatic carbocycles. The number of nitrogens with zero attached hydrogens (tertiary/aromatic N) is 4. The first-order chi connectivity index (χ1) is 28.2. The molecular weight excluding hydrogens is 693 g/mol. The third-order valence-electron chi connectivity index (χ3n) is 11.1. The maximum Gasteiger partial charge on any atom is 0.164 e. The van der Waals surface area contributed by atoms with E-state index < -0.39 is 5.41 Å². The van der Waals surface area contributed by atoms with Gasteiger partial charge in [0.2, 0.25) is 0 Å². The van der Waals surface area contributed by atoms with E-state index in [0.29, 0.717) is 23.0 Å². The molecule has 0 radical (unpaired) electrons. The highest BCUT2D eigenvalue weighted by molar-refractivity contribution is 5.89. The molecule has 0 unspecified atom stereocenters. The van der Waals surface area contributed by atoms with Gasteiger partial charge in [-0.25, -0.2) is 15.0 Å². The number of hydrogen-bond acceptors (Lipinski definition) is 4. The Morgan fingerprint density at radius 2 is 0.772 bits per heavy atom. The van der Waals surface area contributed by atoms with Crippen LogP contribution >= 0.6 is 0 Å². The molecule has 0 saturated carbocycles. The summed E-state index contributed by atoms with van der Waals surface area (Å²) < 4.78 is 0. The fraction of sp³-hybridized carbons (Fsp3) is 0.0189. The van der Waals surface area contributed by atoms with Gasteiger partial charge in [-0.15, -0.1) is 0 Å². The molecule has 9 aromatic rings. The summed E-state index contributed by atoms with van der Waals surface area (Å²) in [6.07, 6.45) is 0. The summed E-state index contributed by atoms with van der Waals surface area (Å²) in [4.78, 5) is 14.7. The predicted octanol–water partition coefficient (Wildman–Crippen LogP) is 12.4. The van der Waals surface area contributed by atoms with Gasteiger partial charge in [0.1, 0.15) is 0 Å². The lowest BCUT2D eigenvalue weighted by Crippen LogP contribution is -2.28. The highest BCUT2D eigenvalue weighted by atomic mass is 15.0. The molecule has 0 bridgehead atoms. The second-order valence-corrected chi connectivity index (χ2v) is 14.3. The first-order valence-electron chi connectivity index (χ1n) is 19.1. The van der Waals surface area contributed by atoms with Gasteiger partial charge < -0.3 is 0 Å². The first-order valence-corrected chi connectivity index (χ1v) is 19.1. The Kier molecular flexibility index (Phi) is 8.39. The summed E-state index contributed by atoms with van der Waals surface area (Å²) in [6, 6.07) is 74.2. The van der Waals surface area contributed by atoms with Gasteiger partial charge in [0.15, 0.2) is 17.5 Å². The van der Waals surface area contributed by atoms with Gasteiger partial charge >= 0.3 is 0 Å². The number of benzene rings is 8. The monoisotopic (exact) mass is 726 g/mol. The normalized spacial score (nSPS) is 12.3.